The molecular weight excluding hydrogens is 300 g/mol. The molecule has 1 fully saturated rings. The number of epoxide rings is 1. The van der Waals surface area contributed by atoms with Gasteiger partial charge in [-0.25, -0.2) is 0 Å². The summed E-state index contributed by atoms with van der Waals surface area (Å²) in [6.07, 6.45) is 0.574. The molecule has 2 atom stereocenters. The van der Waals surface area contributed by atoms with Gasteiger partial charge in [0.15, 0.2) is 0 Å². The van der Waals surface area contributed by atoms with Crippen LogP contribution >= 0.6 is 0 Å². The Morgan fingerprint density at radius 1 is 0.913 bits per heavy atom. The highest BCUT2D eigenvalue weighted by atomic mass is 28.4. The van der Waals surface area contributed by atoms with Crippen molar-refractivity contribution in [2.75, 3.05) is 6.61 Å². The van der Waals surface area contributed by atoms with Gasteiger partial charge in [0, 0.05) is 0 Å². The van der Waals surface area contributed by atoms with E-state index in [2.05, 4.69) is 88.4 Å². The minimum absolute atomic E-state index is 0.0356. The molecule has 0 bridgehead atoms. The van der Waals surface area contributed by atoms with Crippen LogP contribution in [0.15, 0.2) is 60.7 Å². The normalized spacial score (nSPS) is 21.2. The topological polar surface area (TPSA) is 21.8 Å². The number of ether oxygens (including phenoxy) is 1. The molecule has 0 N–H and O–H groups in total. The van der Waals surface area contributed by atoms with Gasteiger partial charge in [-0.1, -0.05) is 81.4 Å². The summed E-state index contributed by atoms with van der Waals surface area (Å²) < 4.78 is 12.4. The molecule has 1 saturated heterocycles. The van der Waals surface area contributed by atoms with Crippen LogP contribution in [0.25, 0.3) is 0 Å². The molecule has 0 saturated carbocycles. The van der Waals surface area contributed by atoms with Crippen LogP contribution in [0.1, 0.15) is 27.7 Å². The number of rotatable bonds is 5. The third kappa shape index (κ3) is 3.14. The second-order valence-electron chi connectivity index (χ2n) is 7.35. The molecule has 23 heavy (non-hydrogen) atoms. The summed E-state index contributed by atoms with van der Waals surface area (Å²) in [5.74, 6) is 0. The Labute approximate surface area is 140 Å². The monoisotopic (exact) mass is 326 g/mol. The first kappa shape index (κ1) is 16.4. The molecule has 3 heteroatoms. The first-order chi connectivity index (χ1) is 10.9. The van der Waals surface area contributed by atoms with Crippen LogP contribution in [0.4, 0.5) is 0 Å². The SMILES string of the molecule is C[C@@H]1O[C@@H]1CO[Si](c1ccccc1)(c1ccccc1)C(C)(C)C. The van der Waals surface area contributed by atoms with Gasteiger partial charge in [0.1, 0.15) is 6.10 Å². The molecule has 1 heterocycles. The molecule has 2 nitrogen and oxygen atoms in total. The maximum atomic E-state index is 6.77. The lowest BCUT2D eigenvalue weighted by Crippen LogP contribution is -2.66. The largest absolute Gasteiger partial charge is 0.405 e. The van der Waals surface area contributed by atoms with Gasteiger partial charge in [0.2, 0.25) is 0 Å². The fourth-order valence-corrected chi connectivity index (χ4v) is 7.94. The van der Waals surface area contributed by atoms with E-state index >= 15 is 0 Å². The summed E-state index contributed by atoms with van der Waals surface area (Å²) in [7, 11) is -2.38. The smallest absolute Gasteiger partial charge is 0.261 e. The van der Waals surface area contributed by atoms with E-state index in [0.717, 1.165) is 0 Å². The first-order valence-electron chi connectivity index (χ1n) is 8.35. The van der Waals surface area contributed by atoms with E-state index in [1.807, 2.05) is 0 Å². The number of hydrogen-bond donors (Lipinski definition) is 0. The van der Waals surface area contributed by atoms with Gasteiger partial charge in [-0.15, -0.1) is 0 Å². The Bertz CT molecular complexity index is 594. The van der Waals surface area contributed by atoms with Crippen molar-refractivity contribution in [3.8, 4) is 0 Å². The van der Waals surface area contributed by atoms with Gasteiger partial charge in [0.25, 0.3) is 8.32 Å². The van der Waals surface area contributed by atoms with E-state index < -0.39 is 8.32 Å². The maximum Gasteiger partial charge on any atom is 0.261 e. The van der Waals surface area contributed by atoms with E-state index in [-0.39, 0.29) is 11.1 Å². The zero-order valence-electron chi connectivity index (χ0n) is 14.5. The summed E-state index contributed by atoms with van der Waals surface area (Å²) in [6, 6.07) is 21.5. The lowest BCUT2D eigenvalue weighted by atomic mass is 10.2. The van der Waals surface area contributed by atoms with Crippen molar-refractivity contribution >= 4 is 18.7 Å². The molecule has 1 aliphatic rings. The zero-order valence-corrected chi connectivity index (χ0v) is 15.5. The lowest BCUT2D eigenvalue weighted by Gasteiger charge is -2.43. The van der Waals surface area contributed by atoms with Crippen LogP contribution < -0.4 is 10.4 Å². The van der Waals surface area contributed by atoms with E-state index in [0.29, 0.717) is 12.7 Å². The summed E-state index contributed by atoms with van der Waals surface area (Å²) in [4.78, 5) is 0. The summed E-state index contributed by atoms with van der Waals surface area (Å²) in [6.45, 7) is 9.69. The molecule has 0 radical (unpaired) electrons. The number of benzene rings is 2. The fourth-order valence-electron chi connectivity index (χ4n) is 3.37. The maximum absolute atomic E-state index is 6.77. The fraction of sp³-hybridized carbons (Fsp3) is 0.400. The molecule has 1 aliphatic heterocycles. The van der Waals surface area contributed by atoms with E-state index in [4.69, 9.17) is 9.16 Å². The minimum Gasteiger partial charge on any atom is -0.405 e. The van der Waals surface area contributed by atoms with Crippen LogP contribution in [0.5, 0.6) is 0 Å². The van der Waals surface area contributed by atoms with Gasteiger partial charge in [-0.3, -0.25) is 0 Å². The van der Waals surface area contributed by atoms with Crippen molar-refractivity contribution < 1.29 is 9.16 Å². The summed E-state index contributed by atoms with van der Waals surface area (Å²) >= 11 is 0. The molecule has 0 unspecified atom stereocenters. The van der Waals surface area contributed by atoms with Crippen molar-refractivity contribution in [3.05, 3.63) is 60.7 Å². The van der Waals surface area contributed by atoms with Crippen LogP contribution in [0.3, 0.4) is 0 Å². The van der Waals surface area contributed by atoms with E-state index in [9.17, 15) is 0 Å². The second-order valence-corrected chi connectivity index (χ2v) is 11.7. The van der Waals surface area contributed by atoms with Crippen molar-refractivity contribution in [1.82, 2.24) is 0 Å². The Hall–Kier alpha value is -1.42. The van der Waals surface area contributed by atoms with E-state index in [1.165, 1.54) is 10.4 Å². The minimum atomic E-state index is -2.38. The van der Waals surface area contributed by atoms with Crippen LogP contribution in [0, 0.1) is 0 Å². The Morgan fingerprint density at radius 2 is 1.35 bits per heavy atom. The number of hydrogen-bond acceptors (Lipinski definition) is 2. The average molecular weight is 327 g/mol. The summed E-state index contributed by atoms with van der Waals surface area (Å²) in [5, 5.41) is 2.69. The van der Waals surface area contributed by atoms with Gasteiger partial charge in [-0.05, 0) is 22.3 Å². The third-order valence-corrected chi connectivity index (χ3v) is 9.72. The Morgan fingerprint density at radius 3 is 1.70 bits per heavy atom. The van der Waals surface area contributed by atoms with Crippen LogP contribution in [-0.4, -0.2) is 27.1 Å². The quantitative estimate of drug-likeness (QED) is 0.621. The predicted octanol–water partition coefficient (Wildman–Crippen LogP) is 3.35. The van der Waals surface area contributed by atoms with Gasteiger partial charge in [0.05, 0.1) is 12.7 Å². The lowest BCUT2D eigenvalue weighted by molar-refractivity contribution is 0.248. The molecule has 0 spiro atoms. The second kappa shape index (κ2) is 6.23. The van der Waals surface area contributed by atoms with Crippen molar-refractivity contribution in [1.29, 1.82) is 0 Å². The molecule has 122 valence electrons. The third-order valence-electron chi connectivity index (χ3n) is 4.72. The van der Waals surface area contributed by atoms with Gasteiger partial charge >= 0.3 is 0 Å². The molecule has 2 aromatic rings. The van der Waals surface area contributed by atoms with Crippen LogP contribution in [-0.2, 0) is 9.16 Å². The molecule has 0 aromatic heterocycles. The molecule has 2 aromatic carbocycles. The van der Waals surface area contributed by atoms with Crippen molar-refractivity contribution in [2.45, 2.75) is 44.9 Å². The predicted molar refractivity (Wildman–Crippen MR) is 97.9 cm³/mol. The van der Waals surface area contributed by atoms with Gasteiger partial charge in [-0.2, -0.15) is 0 Å². The van der Waals surface area contributed by atoms with Crippen molar-refractivity contribution in [2.24, 2.45) is 0 Å². The van der Waals surface area contributed by atoms with Crippen molar-refractivity contribution in [3.63, 3.8) is 0 Å². The average Bonchev–Trinajstić information content (AvgIpc) is 3.24. The zero-order chi connectivity index (χ0) is 16.5. The Kier molecular flexibility index (Phi) is 4.45. The molecule has 3 rings (SSSR count). The highest BCUT2D eigenvalue weighted by Crippen LogP contribution is 2.37. The van der Waals surface area contributed by atoms with Gasteiger partial charge < -0.3 is 9.16 Å². The molecule has 0 aliphatic carbocycles. The first-order valence-corrected chi connectivity index (χ1v) is 10.3. The van der Waals surface area contributed by atoms with Crippen LogP contribution in [0.2, 0.25) is 5.04 Å². The highest BCUT2D eigenvalue weighted by molar-refractivity contribution is 6.99. The molecule has 0 amide bonds. The van der Waals surface area contributed by atoms with E-state index in [1.54, 1.807) is 0 Å². The highest BCUT2D eigenvalue weighted by Gasteiger charge is 2.51. The standard InChI is InChI=1S/C20H26O2Si/c1-16-19(22-16)15-21-23(20(2,3)4,17-11-7-5-8-12-17)18-13-9-6-10-14-18/h5-14,16,19H,15H2,1-4H3/t16-,19+/m0/s1. The Balaban J connectivity index is 2.09. The summed E-state index contributed by atoms with van der Waals surface area (Å²) in [5.41, 5.74) is 0. The molecular formula is C20H26O2Si.